The number of hydrogen-bond donors (Lipinski definition) is 2. The van der Waals surface area contributed by atoms with E-state index in [-0.39, 0.29) is 11.8 Å². The third-order valence-corrected chi connectivity index (χ3v) is 6.21. The lowest BCUT2D eigenvalue weighted by atomic mass is 9.69. The molecule has 3 atom stereocenters. The largest absolute Gasteiger partial charge is 0.390 e. The van der Waals surface area contributed by atoms with Crippen molar-refractivity contribution in [1.82, 2.24) is 15.1 Å². The van der Waals surface area contributed by atoms with Crippen molar-refractivity contribution in [1.29, 1.82) is 0 Å². The van der Waals surface area contributed by atoms with Gasteiger partial charge >= 0.3 is 0 Å². The highest BCUT2D eigenvalue weighted by Crippen LogP contribution is 2.44. The number of aryl methyl sites for hydroxylation is 2. The Morgan fingerprint density at radius 1 is 1.43 bits per heavy atom. The molecule has 0 radical (unpaired) electrons. The molecule has 0 spiro atoms. The zero-order valence-electron chi connectivity index (χ0n) is 14.6. The van der Waals surface area contributed by atoms with Gasteiger partial charge in [-0.25, -0.2) is 0 Å². The number of carbonyl (C=O) groups is 1. The molecule has 1 aromatic heterocycles. The first-order valence-electron chi connectivity index (χ1n) is 8.95. The van der Waals surface area contributed by atoms with Gasteiger partial charge in [0, 0.05) is 37.5 Å². The van der Waals surface area contributed by atoms with E-state index in [1.54, 1.807) is 0 Å². The van der Waals surface area contributed by atoms with Crippen molar-refractivity contribution in [3.8, 4) is 0 Å². The number of rotatable bonds is 4. The van der Waals surface area contributed by atoms with Crippen LogP contribution in [0.3, 0.4) is 0 Å². The summed E-state index contributed by atoms with van der Waals surface area (Å²) in [6.45, 7) is 7.67. The van der Waals surface area contributed by atoms with Crippen LogP contribution >= 0.6 is 0 Å². The minimum Gasteiger partial charge on any atom is -0.390 e. The molecule has 2 N–H and O–H groups in total. The maximum absolute atomic E-state index is 12.6. The standard InChI is InChI=1S/C18H29N3O2/c1-4-18(23)9-5-6-14-10-21(11-15(14)18)17(22)8-7-16-12(2)13(3)19-20-16/h14-15,23H,4-11H2,1-3H3,(H,19,20)/t14-,15+,18-/m0/s1. The van der Waals surface area contributed by atoms with Gasteiger partial charge in [-0.1, -0.05) is 13.3 Å². The van der Waals surface area contributed by atoms with Gasteiger partial charge in [-0.2, -0.15) is 5.10 Å². The van der Waals surface area contributed by atoms with Crippen molar-refractivity contribution in [2.75, 3.05) is 13.1 Å². The SMILES string of the molecule is CC[C@]1(O)CCC[C@H]2CN(C(=O)CCc3n[nH]c(C)c3C)C[C@H]21. The van der Waals surface area contributed by atoms with Gasteiger partial charge in [0.1, 0.15) is 0 Å². The number of fused-ring (bicyclic) bond motifs is 1. The fraction of sp³-hybridized carbons (Fsp3) is 0.778. The molecule has 1 amide bonds. The van der Waals surface area contributed by atoms with Crippen LogP contribution in [0, 0.1) is 25.7 Å². The minimum atomic E-state index is -0.562. The van der Waals surface area contributed by atoms with Crippen molar-refractivity contribution in [2.45, 2.75) is 64.9 Å². The monoisotopic (exact) mass is 319 g/mol. The lowest BCUT2D eigenvalue weighted by molar-refractivity contribution is -0.130. The van der Waals surface area contributed by atoms with Gasteiger partial charge < -0.3 is 10.0 Å². The van der Waals surface area contributed by atoms with Crippen LogP contribution in [0.1, 0.15) is 56.0 Å². The number of carbonyl (C=O) groups excluding carboxylic acids is 1. The average molecular weight is 319 g/mol. The summed E-state index contributed by atoms with van der Waals surface area (Å²) in [5, 5.41) is 18.1. The quantitative estimate of drug-likeness (QED) is 0.895. The molecule has 1 aliphatic carbocycles. The molecule has 2 fully saturated rings. The summed E-state index contributed by atoms with van der Waals surface area (Å²) in [5.41, 5.74) is 2.67. The smallest absolute Gasteiger partial charge is 0.222 e. The lowest BCUT2D eigenvalue weighted by Gasteiger charge is -2.40. The minimum absolute atomic E-state index is 0.206. The molecular formula is C18H29N3O2. The van der Waals surface area contributed by atoms with Crippen molar-refractivity contribution >= 4 is 5.91 Å². The van der Waals surface area contributed by atoms with E-state index in [0.717, 1.165) is 55.7 Å². The van der Waals surface area contributed by atoms with E-state index in [4.69, 9.17) is 0 Å². The van der Waals surface area contributed by atoms with Gasteiger partial charge in [-0.15, -0.1) is 0 Å². The maximum Gasteiger partial charge on any atom is 0.222 e. The van der Waals surface area contributed by atoms with Crippen LogP contribution in [0.5, 0.6) is 0 Å². The summed E-state index contributed by atoms with van der Waals surface area (Å²) in [6, 6.07) is 0. The molecule has 1 aliphatic heterocycles. The molecule has 5 heteroatoms. The van der Waals surface area contributed by atoms with Gasteiger partial charge in [0.25, 0.3) is 0 Å². The Hall–Kier alpha value is -1.36. The molecule has 1 aromatic rings. The number of amides is 1. The van der Waals surface area contributed by atoms with E-state index in [9.17, 15) is 9.90 Å². The topological polar surface area (TPSA) is 69.2 Å². The van der Waals surface area contributed by atoms with E-state index in [1.165, 1.54) is 0 Å². The summed E-state index contributed by atoms with van der Waals surface area (Å²) >= 11 is 0. The Labute approximate surface area is 138 Å². The van der Waals surface area contributed by atoms with Crippen LogP contribution in [0.2, 0.25) is 0 Å². The number of nitrogens with one attached hydrogen (secondary N) is 1. The van der Waals surface area contributed by atoms with Crippen LogP contribution in [-0.2, 0) is 11.2 Å². The molecule has 5 nitrogen and oxygen atoms in total. The highest BCUT2D eigenvalue weighted by Gasteiger charge is 2.48. The molecule has 0 bridgehead atoms. The summed E-state index contributed by atoms with van der Waals surface area (Å²) < 4.78 is 0. The Bertz CT molecular complexity index is 583. The summed E-state index contributed by atoms with van der Waals surface area (Å²) in [6.07, 6.45) is 5.11. The number of aromatic amines is 1. The number of nitrogens with zero attached hydrogens (tertiary/aromatic N) is 2. The number of hydrogen-bond acceptors (Lipinski definition) is 3. The number of aromatic nitrogens is 2. The van der Waals surface area contributed by atoms with Crippen molar-refractivity contribution in [2.24, 2.45) is 11.8 Å². The Balaban J connectivity index is 1.60. The zero-order valence-corrected chi connectivity index (χ0v) is 14.6. The van der Waals surface area contributed by atoms with E-state index in [1.807, 2.05) is 18.7 Å². The zero-order chi connectivity index (χ0) is 16.6. The van der Waals surface area contributed by atoms with Crippen LogP contribution in [0.4, 0.5) is 0 Å². The first kappa shape index (κ1) is 16.5. The third kappa shape index (κ3) is 3.03. The predicted octanol–water partition coefficient (Wildman–Crippen LogP) is 2.36. The molecule has 0 aromatic carbocycles. The molecule has 2 heterocycles. The molecule has 3 rings (SSSR count). The molecule has 1 saturated heterocycles. The fourth-order valence-corrected chi connectivity index (χ4v) is 4.43. The Morgan fingerprint density at radius 3 is 2.87 bits per heavy atom. The van der Waals surface area contributed by atoms with E-state index in [0.29, 0.717) is 18.8 Å². The second-order valence-corrected chi connectivity index (χ2v) is 7.43. The average Bonchev–Trinajstić information content (AvgIpc) is 3.12. The van der Waals surface area contributed by atoms with Crippen LogP contribution in [0.25, 0.3) is 0 Å². The van der Waals surface area contributed by atoms with Crippen molar-refractivity contribution in [3.63, 3.8) is 0 Å². The molecule has 23 heavy (non-hydrogen) atoms. The van der Waals surface area contributed by atoms with Gasteiger partial charge in [0.05, 0.1) is 11.3 Å². The highest BCUT2D eigenvalue weighted by molar-refractivity contribution is 5.76. The van der Waals surface area contributed by atoms with Crippen LogP contribution in [-0.4, -0.2) is 44.8 Å². The number of H-pyrrole nitrogens is 1. The van der Waals surface area contributed by atoms with Gasteiger partial charge in [-0.05, 0) is 44.6 Å². The molecular weight excluding hydrogens is 290 g/mol. The van der Waals surface area contributed by atoms with E-state index < -0.39 is 5.60 Å². The van der Waals surface area contributed by atoms with E-state index in [2.05, 4.69) is 17.1 Å². The molecule has 128 valence electrons. The molecule has 2 aliphatic rings. The molecule has 1 saturated carbocycles. The fourth-order valence-electron chi connectivity index (χ4n) is 4.43. The predicted molar refractivity (Wildman–Crippen MR) is 89.0 cm³/mol. The van der Waals surface area contributed by atoms with Crippen molar-refractivity contribution < 1.29 is 9.90 Å². The van der Waals surface area contributed by atoms with Crippen LogP contribution < -0.4 is 0 Å². The van der Waals surface area contributed by atoms with Crippen molar-refractivity contribution in [3.05, 3.63) is 17.0 Å². The molecule has 0 unspecified atom stereocenters. The van der Waals surface area contributed by atoms with Gasteiger partial charge in [0.15, 0.2) is 0 Å². The maximum atomic E-state index is 12.6. The summed E-state index contributed by atoms with van der Waals surface area (Å²) in [7, 11) is 0. The Morgan fingerprint density at radius 2 is 2.22 bits per heavy atom. The van der Waals surface area contributed by atoms with Gasteiger partial charge in [-0.3, -0.25) is 9.89 Å². The van der Waals surface area contributed by atoms with Gasteiger partial charge in [0.2, 0.25) is 5.91 Å². The summed E-state index contributed by atoms with van der Waals surface area (Å²) in [5.74, 6) is 0.949. The first-order chi connectivity index (χ1) is 10.9. The second-order valence-electron chi connectivity index (χ2n) is 7.43. The normalized spacial score (nSPS) is 30.5. The number of likely N-dealkylation sites (tertiary alicyclic amines) is 1. The van der Waals surface area contributed by atoms with Crippen LogP contribution in [0.15, 0.2) is 0 Å². The number of aliphatic hydroxyl groups is 1. The lowest BCUT2D eigenvalue weighted by Crippen LogP contribution is -2.44. The first-order valence-corrected chi connectivity index (χ1v) is 8.95. The second kappa shape index (κ2) is 6.27. The summed E-state index contributed by atoms with van der Waals surface area (Å²) in [4.78, 5) is 14.6. The Kier molecular flexibility index (Phi) is 4.50. The highest BCUT2D eigenvalue weighted by atomic mass is 16.3. The van der Waals surface area contributed by atoms with E-state index >= 15 is 0 Å². The third-order valence-electron chi connectivity index (χ3n) is 6.21.